The van der Waals surface area contributed by atoms with E-state index in [1.54, 1.807) is 47.1 Å². The van der Waals surface area contributed by atoms with Gasteiger partial charge in [0.2, 0.25) is 0 Å². The van der Waals surface area contributed by atoms with Crippen LogP contribution >= 0.6 is 0 Å². The third-order valence-electron chi connectivity index (χ3n) is 3.67. The summed E-state index contributed by atoms with van der Waals surface area (Å²) in [6.45, 7) is 1.86. The van der Waals surface area contributed by atoms with E-state index in [1.165, 1.54) is 0 Å². The minimum Gasteiger partial charge on any atom is -0.311 e. The zero-order valence-electron chi connectivity index (χ0n) is 12.3. The molecule has 5 heteroatoms. The van der Waals surface area contributed by atoms with Crippen LogP contribution in [0, 0.1) is 18.3 Å². The average molecular weight is 290 g/mol. The number of hydrogen-bond donors (Lipinski definition) is 0. The Bertz CT molecular complexity index is 904. The second-order valence-corrected chi connectivity index (χ2v) is 5.09. The van der Waals surface area contributed by atoms with E-state index in [-0.39, 0.29) is 5.91 Å². The Balaban J connectivity index is 1.93. The summed E-state index contributed by atoms with van der Waals surface area (Å²) in [5.74, 6) is -0.104. The number of aryl methyl sites for hydroxylation is 1. The lowest BCUT2D eigenvalue weighted by atomic mass is 10.1. The molecule has 0 radical (unpaired) electrons. The van der Waals surface area contributed by atoms with E-state index in [1.807, 2.05) is 25.1 Å². The first-order valence-electron chi connectivity index (χ1n) is 6.82. The van der Waals surface area contributed by atoms with Gasteiger partial charge in [0.1, 0.15) is 0 Å². The molecule has 3 aromatic rings. The van der Waals surface area contributed by atoms with Crippen molar-refractivity contribution in [2.24, 2.45) is 0 Å². The molecule has 3 rings (SSSR count). The molecule has 0 saturated heterocycles. The van der Waals surface area contributed by atoms with Crippen LogP contribution < -0.4 is 4.90 Å². The van der Waals surface area contributed by atoms with E-state index in [0.717, 1.165) is 16.8 Å². The molecule has 0 spiro atoms. The summed E-state index contributed by atoms with van der Waals surface area (Å²) >= 11 is 0. The van der Waals surface area contributed by atoms with E-state index < -0.39 is 0 Å². The first-order chi connectivity index (χ1) is 10.6. The number of amides is 1. The van der Waals surface area contributed by atoms with Crippen LogP contribution in [0.4, 0.5) is 5.69 Å². The van der Waals surface area contributed by atoms with E-state index in [4.69, 9.17) is 5.26 Å². The monoisotopic (exact) mass is 290 g/mol. The second kappa shape index (κ2) is 5.34. The fourth-order valence-corrected chi connectivity index (χ4v) is 2.35. The van der Waals surface area contributed by atoms with Crippen LogP contribution in [0.15, 0.2) is 48.8 Å². The van der Waals surface area contributed by atoms with Gasteiger partial charge in [-0.1, -0.05) is 0 Å². The second-order valence-electron chi connectivity index (χ2n) is 5.09. The van der Waals surface area contributed by atoms with E-state index >= 15 is 0 Å². The molecule has 0 fully saturated rings. The summed E-state index contributed by atoms with van der Waals surface area (Å²) < 4.78 is 1.71. The molecule has 2 aromatic heterocycles. The van der Waals surface area contributed by atoms with Crippen LogP contribution in [-0.2, 0) is 0 Å². The third-order valence-corrected chi connectivity index (χ3v) is 3.67. The lowest BCUT2D eigenvalue weighted by Gasteiger charge is -2.18. The number of pyridine rings is 1. The first kappa shape index (κ1) is 13.8. The van der Waals surface area contributed by atoms with Gasteiger partial charge in [0, 0.05) is 30.7 Å². The number of benzene rings is 1. The molecular formula is C17H14N4O. The van der Waals surface area contributed by atoms with Crippen LogP contribution in [-0.4, -0.2) is 22.6 Å². The highest BCUT2D eigenvalue weighted by Crippen LogP contribution is 2.20. The van der Waals surface area contributed by atoms with Gasteiger partial charge in [-0.2, -0.15) is 10.4 Å². The number of anilines is 1. The number of rotatable bonds is 2. The molecule has 0 unspecified atom stereocenters. The van der Waals surface area contributed by atoms with Crippen LogP contribution in [0.2, 0.25) is 0 Å². The predicted octanol–water partition coefficient (Wildman–Crippen LogP) is 2.79. The van der Waals surface area contributed by atoms with Gasteiger partial charge in [0.15, 0.2) is 0 Å². The number of carbonyl (C=O) groups excluding carboxylic acids is 1. The standard InChI is InChI=1S/C17H14N4O/c1-12-9-15(4-3-14(12)11-18)20(2)17(22)13-6-8-21-16(10-13)5-7-19-21/h3-10H,1-2H3. The summed E-state index contributed by atoms with van der Waals surface area (Å²) in [6.07, 6.45) is 3.46. The zero-order chi connectivity index (χ0) is 15.7. The molecule has 0 aliphatic heterocycles. The van der Waals surface area contributed by atoms with Crippen molar-refractivity contribution in [2.45, 2.75) is 6.92 Å². The fourth-order valence-electron chi connectivity index (χ4n) is 2.35. The van der Waals surface area contributed by atoms with E-state index in [2.05, 4.69) is 11.2 Å². The minimum absolute atomic E-state index is 0.104. The quantitative estimate of drug-likeness (QED) is 0.729. The maximum absolute atomic E-state index is 12.6. The number of carbonyl (C=O) groups is 1. The molecule has 0 N–H and O–H groups in total. The Hall–Kier alpha value is -3.13. The summed E-state index contributed by atoms with van der Waals surface area (Å²) in [5, 5.41) is 13.1. The van der Waals surface area contributed by atoms with Crippen molar-refractivity contribution in [2.75, 3.05) is 11.9 Å². The molecule has 0 atom stereocenters. The summed E-state index contributed by atoms with van der Waals surface area (Å²) in [6, 6.07) is 12.9. The summed E-state index contributed by atoms with van der Waals surface area (Å²) in [4.78, 5) is 14.2. The van der Waals surface area contributed by atoms with Crippen LogP contribution in [0.5, 0.6) is 0 Å². The number of nitrogens with zero attached hydrogens (tertiary/aromatic N) is 4. The molecular weight excluding hydrogens is 276 g/mol. The van der Waals surface area contributed by atoms with Crippen molar-refractivity contribution in [3.63, 3.8) is 0 Å². The zero-order valence-corrected chi connectivity index (χ0v) is 12.3. The van der Waals surface area contributed by atoms with Gasteiger partial charge in [-0.15, -0.1) is 0 Å². The molecule has 22 heavy (non-hydrogen) atoms. The number of fused-ring (bicyclic) bond motifs is 1. The van der Waals surface area contributed by atoms with Gasteiger partial charge in [0.05, 0.1) is 17.1 Å². The van der Waals surface area contributed by atoms with Crippen LogP contribution in [0.25, 0.3) is 5.52 Å². The van der Waals surface area contributed by atoms with Gasteiger partial charge in [-0.3, -0.25) is 4.79 Å². The Labute approximate surface area is 128 Å². The predicted molar refractivity (Wildman–Crippen MR) is 83.8 cm³/mol. The summed E-state index contributed by atoms with van der Waals surface area (Å²) in [7, 11) is 1.73. The first-order valence-corrected chi connectivity index (χ1v) is 6.82. The molecule has 108 valence electrons. The van der Waals surface area contributed by atoms with Crippen molar-refractivity contribution in [3.05, 3.63) is 65.5 Å². The van der Waals surface area contributed by atoms with Crippen molar-refractivity contribution in [1.29, 1.82) is 5.26 Å². The largest absolute Gasteiger partial charge is 0.311 e. The highest BCUT2D eigenvalue weighted by atomic mass is 16.2. The maximum Gasteiger partial charge on any atom is 0.258 e. The third kappa shape index (κ3) is 2.31. The molecule has 5 nitrogen and oxygen atoms in total. The van der Waals surface area contributed by atoms with Crippen LogP contribution in [0.3, 0.4) is 0 Å². The molecule has 0 aliphatic rings. The fraction of sp³-hybridized carbons (Fsp3) is 0.118. The van der Waals surface area contributed by atoms with Crippen molar-refractivity contribution in [1.82, 2.24) is 9.61 Å². The number of nitriles is 1. The van der Waals surface area contributed by atoms with Gasteiger partial charge in [-0.25, -0.2) is 4.52 Å². The molecule has 0 bridgehead atoms. The van der Waals surface area contributed by atoms with Crippen molar-refractivity contribution in [3.8, 4) is 6.07 Å². The Kier molecular flexibility index (Phi) is 3.36. The summed E-state index contributed by atoms with van der Waals surface area (Å²) in [5.41, 5.74) is 3.69. The average Bonchev–Trinajstić information content (AvgIpc) is 3.00. The van der Waals surface area contributed by atoms with Gasteiger partial charge in [0.25, 0.3) is 5.91 Å². The highest BCUT2D eigenvalue weighted by molar-refractivity contribution is 6.06. The molecule has 1 amide bonds. The normalized spacial score (nSPS) is 10.4. The molecule has 0 aliphatic carbocycles. The Morgan fingerprint density at radius 3 is 2.82 bits per heavy atom. The van der Waals surface area contributed by atoms with E-state index in [0.29, 0.717) is 11.1 Å². The van der Waals surface area contributed by atoms with Gasteiger partial charge in [-0.05, 0) is 48.9 Å². The Morgan fingerprint density at radius 2 is 2.09 bits per heavy atom. The lowest BCUT2D eigenvalue weighted by molar-refractivity contribution is 0.0993. The smallest absolute Gasteiger partial charge is 0.258 e. The Morgan fingerprint density at radius 1 is 1.27 bits per heavy atom. The van der Waals surface area contributed by atoms with Crippen molar-refractivity contribution >= 4 is 17.1 Å². The maximum atomic E-state index is 12.6. The van der Waals surface area contributed by atoms with Gasteiger partial charge < -0.3 is 4.90 Å². The molecule has 1 aromatic carbocycles. The SMILES string of the molecule is Cc1cc(N(C)C(=O)c2ccn3nccc3c2)ccc1C#N. The molecule has 0 saturated carbocycles. The van der Waals surface area contributed by atoms with Crippen LogP contribution in [0.1, 0.15) is 21.5 Å². The van der Waals surface area contributed by atoms with Gasteiger partial charge >= 0.3 is 0 Å². The highest BCUT2D eigenvalue weighted by Gasteiger charge is 2.15. The molecule has 2 heterocycles. The van der Waals surface area contributed by atoms with E-state index in [9.17, 15) is 4.79 Å². The minimum atomic E-state index is -0.104. The number of aromatic nitrogens is 2. The topological polar surface area (TPSA) is 61.4 Å². The van der Waals surface area contributed by atoms with Crippen molar-refractivity contribution < 1.29 is 4.79 Å². The lowest BCUT2D eigenvalue weighted by Crippen LogP contribution is -2.26. The number of hydrogen-bond acceptors (Lipinski definition) is 3.